The van der Waals surface area contributed by atoms with Gasteiger partial charge in [0.05, 0.1) is 11.3 Å². The largest absolute Gasteiger partial charge is 0.481 e. The molecule has 0 fully saturated rings. The molecule has 1 atom stereocenters. The molecule has 22 heavy (non-hydrogen) atoms. The monoisotopic (exact) mass is 326 g/mol. The third kappa shape index (κ3) is 5.30. The summed E-state index contributed by atoms with van der Waals surface area (Å²) in [6.45, 7) is 5.05. The molecule has 7 nitrogen and oxygen atoms in total. The van der Waals surface area contributed by atoms with Gasteiger partial charge in [-0.15, -0.1) is 6.58 Å². The van der Waals surface area contributed by atoms with Crippen LogP contribution in [-0.4, -0.2) is 38.0 Å². The number of sulfonamides is 1. The van der Waals surface area contributed by atoms with E-state index in [1.165, 1.54) is 30.3 Å². The van der Waals surface area contributed by atoms with Crippen molar-refractivity contribution in [3.05, 3.63) is 42.5 Å². The van der Waals surface area contributed by atoms with E-state index in [0.29, 0.717) is 0 Å². The van der Waals surface area contributed by atoms with Gasteiger partial charge >= 0.3 is 5.97 Å². The highest BCUT2D eigenvalue weighted by molar-refractivity contribution is 7.89. The molecule has 0 spiro atoms. The summed E-state index contributed by atoms with van der Waals surface area (Å²) in [7, 11) is -3.72. The van der Waals surface area contributed by atoms with Gasteiger partial charge < -0.3 is 10.4 Å². The molecular formula is C14H18N2O5S. The smallest absolute Gasteiger partial charge is 0.305 e. The number of carbonyl (C=O) groups excluding carboxylic acids is 1. The van der Waals surface area contributed by atoms with E-state index in [1.807, 2.05) is 0 Å². The molecule has 0 aliphatic rings. The van der Waals surface area contributed by atoms with Crippen molar-refractivity contribution in [2.24, 2.45) is 0 Å². The third-order valence-corrected chi connectivity index (χ3v) is 4.10. The van der Waals surface area contributed by atoms with E-state index in [2.05, 4.69) is 16.6 Å². The van der Waals surface area contributed by atoms with E-state index >= 15 is 0 Å². The molecule has 1 aromatic carbocycles. The minimum Gasteiger partial charge on any atom is -0.481 e. The lowest BCUT2D eigenvalue weighted by atomic mass is 10.2. The molecule has 0 aliphatic heterocycles. The van der Waals surface area contributed by atoms with Crippen LogP contribution in [0.5, 0.6) is 0 Å². The van der Waals surface area contributed by atoms with Gasteiger partial charge in [0, 0.05) is 18.2 Å². The van der Waals surface area contributed by atoms with Gasteiger partial charge in [-0.25, -0.2) is 13.1 Å². The number of benzene rings is 1. The summed E-state index contributed by atoms with van der Waals surface area (Å²) in [4.78, 5) is 22.5. The molecule has 0 heterocycles. The first-order chi connectivity index (χ1) is 10.3. The predicted octanol–water partition coefficient (Wildman–Crippen LogP) is 0.744. The summed E-state index contributed by atoms with van der Waals surface area (Å²) in [6, 6.07) is 4.93. The zero-order chi connectivity index (χ0) is 16.8. The Kier molecular flexibility index (Phi) is 6.26. The Hall–Kier alpha value is -2.19. The molecule has 0 aromatic heterocycles. The number of carbonyl (C=O) groups is 2. The van der Waals surface area contributed by atoms with Crippen LogP contribution in [0.4, 0.5) is 0 Å². The van der Waals surface area contributed by atoms with Crippen LogP contribution in [0.15, 0.2) is 41.8 Å². The summed E-state index contributed by atoms with van der Waals surface area (Å²) >= 11 is 0. The molecule has 0 bridgehead atoms. The molecule has 0 aliphatic carbocycles. The first-order valence-corrected chi connectivity index (χ1v) is 7.98. The van der Waals surface area contributed by atoms with Gasteiger partial charge in [-0.05, 0) is 25.1 Å². The lowest BCUT2D eigenvalue weighted by molar-refractivity contribution is -0.137. The lowest BCUT2D eigenvalue weighted by Crippen LogP contribution is -2.34. The number of hydrogen-bond donors (Lipinski definition) is 3. The van der Waals surface area contributed by atoms with Crippen molar-refractivity contribution in [2.45, 2.75) is 24.3 Å². The summed E-state index contributed by atoms with van der Waals surface area (Å²) < 4.78 is 26.2. The van der Waals surface area contributed by atoms with Crippen LogP contribution in [-0.2, 0) is 14.8 Å². The van der Waals surface area contributed by atoms with Gasteiger partial charge in [0.25, 0.3) is 5.91 Å². The molecular weight excluding hydrogens is 308 g/mol. The van der Waals surface area contributed by atoms with Crippen LogP contribution in [0, 0.1) is 0 Å². The minimum absolute atomic E-state index is 0.0483. The van der Waals surface area contributed by atoms with Crippen molar-refractivity contribution in [3.8, 4) is 0 Å². The Bertz CT molecular complexity index is 670. The van der Waals surface area contributed by atoms with Crippen LogP contribution in [0.2, 0.25) is 0 Å². The van der Waals surface area contributed by atoms with Crippen molar-refractivity contribution < 1.29 is 23.1 Å². The minimum atomic E-state index is -3.72. The molecule has 0 saturated heterocycles. The number of aliphatic carboxylic acids is 1. The zero-order valence-corrected chi connectivity index (χ0v) is 12.9. The number of carboxylic acid groups (broad SMARTS) is 1. The van der Waals surface area contributed by atoms with Gasteiger partial charge in [-0.3, -0.25) is 9.59 Å². The highest BCUT2D eigenvalue weighted by Gasteiger charge is 2.17. The first kappa shape index (κ1) is 17.9. The fraction of sp³-hybridized carbons (Fsp3) is 0.286. The normalized spacial score (nSPS) is 12.4. The topological polar surface area (TPSA) is 113 Å². The fourth-order valence-corrected chi connectivity index (χ4v) is 2.72. The van der Waals surface area contributed by atoms with Gasteiger partial charge in [-0.2, -0.15) is 0 Å². The summed E-state index contributed by atoms with van der Waals surface area (Å²) in [5.74, 6) is -1.56. The van der Waals surface area contributed by atoms with Crippen molar-refractivity contribution in [2.75, 3.05) is 6.54 Å². The average Bonchev–Trinajstić information content (AvgIpc) is 2.44. The number of rotatable bonds is 8. The number of nitrogens with one attached hydrogen (secondary N) is 2. The first-order valence-electron chi connectivity index (χ1n) is 6.49. The number of hydrogen-bond acceptors (Lipinski definition) is 4. The van der Waals surface area contributed by atoms with E-state index < -0.39 is 27.9 Å². The lowest BCUT2D eigenvalue weighted by Gasteiger charge is -2.12. The molecule has 8 heteroatoms. The van der Waals surface area contributed by atoms with Crippen molar-refractivity contribution in [1.29, 1.82) is 0 Å². The molecule has 0 radical (unpaired) electrons. The van der Waals surface area contributed by atoms with Crippen molar-refractivity contribution in [1.82, 2.24) is 10.0 Å². The van der Waals surface area contributed by atoms with Crippen molar-refractivity contribution >= 4 is 21.9 Å². The van der Waals surface area contributed by atoms with E-state index in [4.69, 9.17) is 5.11 Å². The Balaban J connectivity index is 2.89. The van der Waals surface area contributed by atoms with Gasteiger partial charge in [0.15, 0.2) is 0 Å². The van der Waals surface area contributed by atoms with Crippen LogP contribution < -0.4 is 10.0 Å². The molecule has 1 rings (SSSR count). The van der Waals surface area contributed by atoms with E-state index in [9.17, 15) is 18.0 Å². The molecule has 1 aromatic rings. The summed E-state index contributed by atoms with van der Waals surface area (Å²) in [5.41, 5.74) is 0.138. The number of carboxylic acids is 1. The Morgan fingerprint density at radius 2 is 2.09 bits per heavy atom. The molecule has 3 N–H and O–H groups in total. The number of amides is 1. The van der Waals surface area contributed by atoms with Gasteiger partial charge in [-0.1, -0.05) is 12.1 Å². The maximum Gasteiger partial charge on any atom is 0.305 e. The van der Waals surface area contributed by atoms with Crippen LogP contribution in [0.3, 0.4) is 0 Å². The second-order valence-electron chi connectivity index (χ2n) is 4.64. The zero-order valence-electron chi connectivity index (χ0n) is 12.1. The van der Waals surface area contributed by atoms with E-state index in [0.717, 1.165) is 0 Å². The molecule has 1 amide bonds. The average molecular weight is 326 g/mol. The molecule has 0 saturated carbocycles. The maximum atomic E-state index is 12.0. The highest BCUT2D eigenvalue weighted by Crippen LogP contribution is 2.11. The maximum absolute atomic E-state index is 12.0. The second kappa shape index (κ2) is 7.71. The van der Waals surface area contributed by atoms with Crippen LogP contribution in [0.1, 0.15) is 23.7 Å². The molecule has 1 unspecified atom stereocenters. The Labute approximate surface area is 129 Å². The van der Waals surface area contributed by atoms with Crippen molar-refractivity contribution in [3.63, 3.8) is 0 Å². The van der Waals surface area contributed by atoms with Gasteiger partial charge in [0.1, 0.15) is 0 Å². The molecule has 120 valence electrons. The second-order valence-corrected chi connectivity index (χ2v) is 6.41. The fourth-order valence-electron chi connectivity index (χ4n) is 1.68. The van der Waals surface area contributed by atoms with Crippen LogP contribution >= 0.6 is 0 Å². The third-order valence-electron chi connectivity index (χ3n) is 2.68. The van der Waals surface area contributed by atoms with Crippen LogP contribution in [0.25, 0.3) is 0 Å². The Morgan fingerprint density at radius 3 is 2.68 bits per heavy atom. The van der Waals surface area contributed by atoms with E-state index in [1.54, 1.807) is 6.92 Å². The highest BCUT2D eigenvalue weighted by atomic mass is 32.2. The summed E-state index contributed by atoms with van der Waals surface area (Å²) in [6.07, 6.45) is 1.19. The SMILES string of the molecule is C=CCNS(=O)(=O)c1cccc(C(=O)NC(C)CC(=O)O)c1. The Morgan fingerprint density at radius 1 is 1.41 bits per heavy atom. The quantitative estimate of drug-likeness (QED) is 0.610. The standard InChI is InChI=1S/C14H18N2O5S/c1-3-7-15-22(20,21)12-6-4-5-11(9-12)14(19)16-10(2)8-13(17)18/h3-6,9-10,15H,1,7-8H2,2H3,(H,16,19)(H,17,18). The predicted molar refractivity (Wildman–Crippen MR) is 81.0 cm³/mol. The summed E-state index contributed by atoms with van der Waals surface area (Å²) in [5, 5.41) is 11.2. The van der Waals surface area contributed by atoms with E-state index in [-0.39, 0.29) is 23.4 Å². The van der Waals surface area contributed by atoms with Gasteiger partial charge in [0.2, 0.25) is 10.0 Å².